The Morgan fingerprint density at radius 1 is 0.600 bits per heavy atom. The number of aliphatic carboxylic acids is 2. The van der Waals surface area contributed by atoms with Gasteiger partial charge in [-0.05, 0) is 45.2 Å². The number of imide groups is 1. The predicted molar refractivity (Wildman–Crippen MR) is 224 cm³/mol. The van der Waals surface area contributed by atoms with Gasteiger partial charge in [-0.25, -0.2) is 4.79 Å². The van der Waals surface area contributed by atoms with E-state index in [9.17, 15) is 38.7 Å². The molecule has 1 heterocycles. The van der Waals surface area contributed by atoms with Crippen molar-refractivity contribution in [1.82, 2.24) is 20.9 Å². The van der Waals surface area contributed by atoms with E-state index in [0.717, 1.165) is 49.8 Å². The number of amides is 4. The highest BCUT2D eigenvalue weighted by atomic mass is 16.5. The monoisotopic (exact) mass is 856 g/mol. The van der Waals surface area contributed by atoms with Crippen molar-refractivity contribution in [3.8, 4) is 0 Å². The first-order valence-corrected chi connectivity index (χ1v) is 22.4. The van der Waals surface area contributed by atoms with Crippen LogP contribution in [0.3, 0.4) is 0 Å². The fraction of sp³-hybridized carbons (Fsp3) is 0.837. The van der Waals surface area contributed by atoms with E-state index >= 15 is 0 Å². The largest absolute Gasteiger partial charge is 0.481 e. The Morgan fingerprint density at radius 2 is 1.07 bits per heavy atom. The van der Waals surface area contributed by atoms with E-state index in [1.54, 1.807) is 6.29 Å². The summed E-state index contributed by atoms with van der Waals surface area (Å²) in [5.41, 5.74) is 0. The topological polar surface area (TPSA) is 236 Å². The summed E-state index contributed by atoms with van der Waals surface area (Å²) in [6.45, 7) is 2.75. The minimum atomic E-state index is -1.44. The summed E-state index contributed by atoms with van der Waals surface area (Å²) in [5.74, 6) is -4.19. The van der Waals surface area contributed by atoms with Gasteiger partial charge in [0, 0.05) is 38.3 Å². The maximum Gasteiger partial charge on any atom is 0.326 e. The second-order valence-corrected chi connectivity index (χ2v) is 15.2. The summed E-state index contributed by atoms with van der Waals surface area (Å²) >= 11 is 0. The second-order valence-electron chi connectivity index (χ2n) is 15.2. The highest BCUT2D eigenvalue weighted by molar-refractivity contribution is 6.00. The number of carbonyl (C=O) groups is 6. The molecule has 1 radical (unpaired) electrons. The molecule has 0 saturated carbocycles. The van der Waals surface area contributed by atoms with Gasteiger partial charge >= 0.3 is 11.9 Å². The summed E-state index contributed by atoms with van der Waals surface area (Å²) in [7, 11) is 0. The Hall–Kier alpha value is -3.51. The minimum absolute atomic E-state index is 0.0794. The van der Waals surface area contributed by atoms with Crippen molar-refractivity contribution in [3.05, 3.63) is 0 Å². The molecule has 0 bridgehead atoms. The SMILES string of the molecule is O=[C]COCCOCCNC(=O)COCCOCCNC(=O)CC[C@@H](C(=O)O)N(C(=O)CCCCCCCCCCCCCCCCCCC(=O)O)C(=O)C1CCNCC1. The van der Waals surface area contributed by atoms with Gasteiger partial charge in [-0.15, -0.1) is 0 Å². The fourth-order valence-electron chi connectivity index (χ4n) is 6.88. The van der Waals surface area contributed by atoms with Gasteiger partial charge in [-0.3, -0.25) is 33.7 Å². The van der Waals surface area contributed by atoms with Gasteiger partial charge in [-0.1, -0.05) is 89.9 Å². The number of hydrogen-bond acceptors (Lipinski definition) is 12. The Bertz CT molecular complexity index is 1190. The van der Waals surface area contributed by atoms with Gasteiger partial charge < -0.3 is 45.1 Å². The van der Waals surface area contributed by atoms with Crippen molar-refractivity contribution in [1.29, 1.82) is 0 Å². The van der Waals surface area contributed by atoms with Gasteiger partial charge in [0.15, 0.2) is 0 Å². The number of carbonyl (C=O) groups excluding carboxylic acids is 5. The molecular formula is C43H75N4O13. The van der Waals surface area contributed by atoms with Crippen LogP contribution in [0, 0.1) is 5.92 Å². The number of ether oxygens (including phenoxy) is 4. The van der Waals surface area contributed by atoms with Crippen LogP contribution < -0.4 is 16.0 Å². The highest BCUT2D eigenvalue weighted by Crippen LogP contribution is 2.22. The lowest BCUT2D eigenvalue weighted by atomic mass is 9.94. The molecule has 1 saturated heterocycles. The molecule has 0 aliphatic carbocycles. The van der Waals surface area contributed by atoms with E-state index < -0.39 is 41.6 Å². The first kappa shape index (κ1) is 54.5. The van der Waals surface area contributed by atoms with Gasteiger partial charge in [-0.2, -0.15) is 0 Å². The summed E-state index contributed by atoms with van der Waals surface area (Å²) in [4.78, 5) is 85.5. The molecule has 5 N–H and O–H groups in total. The van der Waals surface area contributed by atoms with Crippen molar-refractivity contribution < 1.29 is 62.7 Å². The molecule has 4 amide bonds. The first-order chi connectivity index (χ1) is 29.2. The maximum absolute atomic E-state index is 13.6. The van der Waals surface area contributed by atoms with Crippen LogP contribution >= 0.6 is 0 Å². The maximum atomic E-state index is 13.6. The zero-order chi connectivity index (χ0) is 43.9. The van der Waals surface area contributed by atoms with E-state index in [2.05, 4.69) is 16.0 Å². The Morgan fingerprint density at radius 3 is 1.57 bits per heavy atom. The third-order valence-corrected chi connectivity index (χ3v) is 10.2. The molecule has 60 heavy (non-hydrogen) atoms. The van der Waals surface area contributed by atoms with Gasteiger partial charge in [0.25, 0.3) is 0 Å². The van der Waals surface area contributed by atoms with Gasteiger partial charge in [0.05, 0.1) is 39.6 Å². The zero-order valence-corrected chi connectivity index (χ0v) is 36.0. The molecule has 17 heteroatoms. The Kier molecular flexibility index (Phi) is 34.9. The molecule has 1 atom stereocenters. The smallest absolute Gasteiger partial charge is 0.326 e. The molecule has 17 nitrogen and oxygen atoms in total. The van der Waals surface area contributed by atoms with Crippen LogP contribution in [-0.2, 0) is 52.5 Å². The van der Waals surface area contributed by atoms with Crippen LogP contribution in [0.1, 0.15) is 141 Å². The third kappa shape index (κ3) is 30.5. The van der Waals surface area contributed by atoms with Crippen LogP contribution in [-0.4, -0.2) is 142 Å². The second kappa shape index (κ2) is 38.4. The standard InChI is InChI=1S/C43H75N4O13/c48-27-30-59-32-31-57-29-26-46-39(50)35-60-34-33-58-28-25-45-38(49)20-19-37(43(55)56)47(42(54)36-21-23-44-24-22-36)40(51)17-15-13-11-9-7-5-3-1-2-4-6-8-10-12-14-16-18-41(52)53/h36-37,44H,1-26,28-35H2,(H,45,49)(H,46,50)(H,52,53)(H,55,56)/t37-/m0/s1. The van der Waals surface area contributed by atoms with Crippen LogP contribution in [0.2, 0.25) is 0 Å². The lowest BCUT2D eigenvalue weighted by molar-refractivity contribution is -0.161. The Labute approximate surface area is 357 Å². The number of hydrogen-bond donors (Lipinski definition) is 5. The average molecular weight is 856 g/mol. The number of nitrogens with zero attached hydrogens (tertiary/aromatic N) is 1. The summed E-state index contributed by atoms with van der Waals surface area (Å²) in [6, 6.07) is -1.44. The van der Waals surface area contributed by atoms with E-state index in [-0.39, 0.29) is 84.4 Å². The number of unbranched alkanes of at least 4 members (excludes halogenated alkanes) is 15. The van der Waals surface area contributed by atoms with Crippen LogP contribution in [0.15, 0.2) is 0 Å². The minimum Gasteiger partial charge on any atom is -0.481 e. The number of piperidine rings is 1. The molecule has 0 unspecified atom stereocenters. The van der Waals surface area contributed by atoms with Crippen molar-refractivity contribution >= 4 is 41.9 Å². The van der Waals surface area contributed by atoms with E-state index in [0.29, 0.717) is 45.5 Å². The summed E-state index contributed by atoms with van der Waals surface area (Å²) in [5, 5.41) is 27.3. The first-order valence-electron chi connectivity index (χ1n) is 22.4. The fourth-order valence-corrected chi connectivity index (χ4v) is 6.88. The molecule has 345 valence electrons. The van der Waals surface area contributed by atoms with Crippen molar-refractivity contribution in [2.75, 3.05) is 79.0 Å². The molecule has 0 aromatic carbocycles. The van der Waals surface area contributed by atoms with Crippen molar-refractivity contribution in [2.24, 2.45) is 5.92 Å². The van der Waals surface area contributed by atoms with Crippen LogP contribution in [0.4, 0.5) is 0 Å². The Balaban J connectivity index is 2.29. The average Bonchev–Trinajstić information content (AvgIpc) is 3.23. The normalized spacial score (nSPS) is 13.4. The predicted octanol–water partition coefficient (Wildman–Crippen LogP) is 4.09. The van der Waals surface area contributed by atoms with Gasteiger partial charge in [0.2, 0.25) is 29.9 Å². The molecule has 1 fully saturated rings. The summed E-state index contributed by atoms with van der Waals surface area (Å²) < 4.78 is 20.8. The third-order valence-electron chi connectivity index (χ3n) is 10.2. The lowest BCUT2D eigenvalue weighted by Gasteiger charge is -2.32. The number of rotatable bonds is 41. The molecule has 0 aromatic heterocycles. The van der Waals surface area contributed by atoms with Crippen molar-refractivity contribution in [2.45, 2.75) is 147 Å². The van der Waals surface area contributed by atoms with E-state index in [4.69, 9.17) is 24.1 Å². The molecular weight excluding hydrogens is 780 g/mol. The molecule has 1 aliphatic heterocycles. The zero-order valence-electron chi connectivity index (χ0n) is 36.0. The molecule has 1 aliphatic rings. The van der Waals surface area contributed by atoms with Crippen LogP contribution in [0.5, 0.6) is 0 Å². The number of nitrogens with one attached hydrogen (secondary N) is 3. The number of carboxylic acid groups (broad SMARTS) is 2. The molecule has 1 rings (SSSR count). The van der Waals surface area contributed by atoms with E-state index in [1.807, 2.05) is 0 Å². The van der Waals surface area contributed by atoms with Crippen LogP contribution in [0.25, 0.3) is 0 Å². The lowest BCUT2D eigenvalue weighted by Crippen LogP contribution is -2.52. The number of carboxylic acids is 2. The van der Waals surface area contributed by atoms with Crippen molar-refractivity contribution in [3.63, 3.8) is 0 Å². The molecule has 0 aromatic rings. The quantitative estimate of drug-likeness (QED) is 0.0545. The molecule has 0 spiro atoms. The highest BCUT2D eigenvalue weighted by Gasteiger charge is 2.38. The summed E-state index contributed by atoms with van der Waals surface area (Å²) in [6.07, 6.45) is 19.8. The van der Waals surface area contributed by atoms with E-state index in [1.165, 1.54) is 51.4 Å². The van der Waals surface area contributed by atoms with Gasteiger partial charge in [0.1, 0.15) is 19.3 Å².